The summed E-state index contributed by atoms with van der Waals surface area (Å²) >= 11 is 0. The molecule has 0 bridgehead atoms. The van der Waals surface area contributed by atoms with Crippen LogP contribution in [0.3, 0.4) is 0 Å². The van der Waals surface area contributed by atoms with E-state index < -0.39 is 10.8 Å². The summed E-state index contributed by atoms with van der Waals surface area (Å²) in [7, 11) is -1.12. The van der Waals surface area contributed by atoms with Crippen LogP contribution >= 0.6 is 0 Å². The third-order valence-corrected chi connectivity index (χ3v) is 5.76. The second-order valence-electron chi connectivity index (χ2n) is 5.76. The SMILES string of the molecule is Cc1ccc(S(=O)C(C(C)C)C(N)c2ccccc2)cc1. The van der Waals surface area contributed by atoms with Crippen LogP contribution in [0.2, 0.25) is 0 Å². The molecular weight excluding hydrogens is 278 g/mol. The predicted octanol–water partition coefficient (Wildman–Crippen LogP) is 3.83. The molecule has 0 radical (unpaired) electrons. The molecule has 0 heterocycles. The zero-order chi connectivity index (χ0) is 15.4. The topological polar surface area (TPSA) is 43.1 Å². The number of nitrogens with two attached hydrogens (primary N) is 1. The van der Waals surface area contributed by atoms with Gasteiger partial charge in [-0.3, -0.25) is 4.21 Å². The number of aryl methyl sites for hydroxylation is 1. The quantitative estimate of drug-likeness (QED) is 0.912. The summed E-state index contributed by atoms with van der Waals surface area (Å²) in [5, 5.41) is -0.102. The van der Waals surface area contributed by atoms with Crippen molar-refractivity contribution in [2.45, 2.75) is 37.0 Å². The highest BCUT2D eigenvalue weighted by molar-refractivity contribution is 7.85. The third kappa shape index (κ3) is 3.80. The Labute approximate surface area is 129 Å². The fourth-order valence-electron chi connectivity index (χ4n) is 2.49. The van der Waals surface area contributed by atoms with Crippen molar-refractivity contribution in [1.82, 2.24) is 0 Å². The molecule has 0 aliphatic rings. The highest BCUT2D eigenvalue weighted by Crippen LogP contribution is 2.28. The number of hydrogen-bond acceptors (Lipinski definition) is 2. The molecule has 3 atom stereocenters. The Kier molecular flexibility index (Phi) is 5.32. The van der Waals surface area contributed by atoms with Gasteiger partial charge in [0, 0.05) is 10.9 Å². The van der Waals surface area contributed by atoms with Crippen LogP contribution in [0.4, 0.5) is 0 Å². The Morgan fingerprint density at radius 2 is 1.52 bits per heavy atom. The van der Waals surface area contributed by atoms with Crippen LogP contribution in [-0.4, -0.2) is 9.46 Å². The molecule has 0 aromatic heterocycles. The average molecular weight is 301 g/mol. The fourth-order valence-corrected chi connectivity index (χ4v) is 4.13. The summed E-state index contributed by atoms with van der Waals surface area (Å²) in [4.78, 5) is 0.852. The molecule has 0 spiro atoms. The Bertz CT molecular complexity index is 592. The van der Waals surface area contributed by atoms with E-state index in [0.717, 1.165) is 10.5 Å². The maximum atomic E-state index is 12.9. The van der Waals surface area contributed by atoms with Crippen LogP contribution in [0.1, 0.15) is 31.0 Å². The van der Waals surface area contributed by atoms with Crippen LogP contribution in [0, 0.1) is 12.8 Å². The van der Waals surface area contributed by atoms with Gasteiger partial charge in [0.25, 0.3) is 0 Å². The van der Waals surface area contributed by atoms with Gasteiger partial charge in [0.2, 0.25) is 0 Å². The van der Waals surface area contributed by atoms with Crippen LogP contribution < -0.4 is 5.73 Å². The third-order valence-electron chi connectivity index (χ3n) is 3.70. The van der Waals surface area contributed by atoms with E-state index in [0.29, 0.717) is 0 Å². The molecule has 112 valence electrons. The van der Waals surface area contributed by atoms with Crippen LogP contribution in [0.5, 0.6) is 0 Å². The van der Waals surface area contributed by atoms with E-state index in [1.807, 2.05) is 61.5 Å². The van der Waals surface area contributed by atoms with Gasteiger partial charge in [-0.05, 0) is 30.5 Å². The van der Waals surface area contributed by atoms with Crippen molar-refractivity contribution in [2.75, 3.05) is 0 Å². The summed E-state index contributed by atoms with van der Waals surface area (Å²) in [5.74, 6) is 0.238. The first-order valence-electron chi connectivity index (χ1n) is 7.28. The van der Waals surface area contributed by atoms with E-state index >= 15 is 0 Å². The van der Waals surface area contributed by atoms with Gasteiger partial charge in [-0.25, -0.2) is 0 Å². The molecule has 0 aliphatic carbocycles. The van der Waals surface area contributed by atoms with Gasteiger partial charge in [-0.1, -0.05) is 61.9 Å². The lowest BCUT2D eigenvalue weighted by molar-refractivity contribution is 0.510. The van der Waals surface area contributed by atoms with Crippen molar-refractivity contribution in [3.63, 3.8) is 0 Å². The van der Waals surface area contributed by atoms with Gasteiger partial charge in [0.15, 0.2) is 0 Å². The first-order chi connectivity index (χ1) is 10.0. The van der Waals surface area contributed by atoms with Crippen molar-refractivity contribution < 1.29 is 4.21 Å². The summed E-state index contributed by atoms with van der Waals surface area (Å²) in [6.45, 7) is 6.20. The van der Waals surface area contributed by atoms with Gasteiger partial charge in [-0.2, -0.15) is 0 Å². The summed E-state index contributed by atoms with van der Waals surface area (Å²) in [5.41, 5.74) is 8.62. The highest BCUT2D eigenvalue weighted by Gasteiger charge is 2.29. The summed E-state index contributed by atoms with van der Waals surface area (Å²) in [6.07, 6.45) is 0. The smallest absolute Gasteiger partial charge is 0.0610 e. The van der Waals surface area contributed by atoms with Crippen molar-refractivity contribution in [3.8, 4) is 0 Å². The minimum Gasteiger partial charge on any atom is -0.323 e. The van der Waals surface area contributed by atoms with Crippen molar-refractivity contribution in [2.24, 2.45) is 11.7 Å². The van der Waals surface area contributed by atoms with Gasteiger partial charge in [-0.15, -0.1) is 0 Å². The molecule has 2 rings (SSSR count). The molecule has 2 aromatic carbocycles. The highest BCUT2D eigenvalue weighted by atomic mass is 32.2. The molecule has 0 saturated carbocycles. The molecule has 2 aromatic rings. The first-order valence-corrected chi connectivity index (χ1v) is 8.49. The molecule has 3 heteroatoms. The molecule has 0 amide bonds. The van der Waals surface area contributed by atoms with Gasteiger partial charge >= 0.3 is 0 Å². The molecule has 0 fully saturated rings. The summed E-state index contributed by atoms with van der Waals surface area (Å²) in [6, 6.07) is 17.6. The van der Waals surface area contributed by atoms with E-state index in [4.69, 9.17) is 5.73 Å². The molecule has 0 aliphatic heterocycles. The largest absolute Gasteiger partial charge is 0.323 e. The van der Waals surface area contributed by atoms with E-state index in [2.05, 4.69) is 13.8 Å². The average Bonchev–Trinajstić information content (AvgIpc) is 2.48. The Hall–Kier alpha value is -1.45. The second kappa shape index (κ2) is 7.01. The zero-order valence-corrected chi connectivity index (χ0v) is 13.6. The monoisotopic (exact) mass is 301 g/mol. The first kappa shape index (κ1) is 15.9. The van der Waals surface area contributed by atoms with Crippen molar-refractivity contribution >= 4 is 10.8 Å². The lowest BCUT2D eigenvalue weighted by atomic mass is 9.97. The Balaban J connectivity index is 2.30. The summed E-state index contributed by atoms with van der Waals surface area (Å²) < 4.78 is 12.9. The lowest BCUT2D eigenvalue weighted by Crippen LogP contribution is -2.34. The molecule has 0 saturated heterocycles. The molecule has 3 unspecified atom stereocenters. The zero-order valence-electron chi connectivity index (χ0n) is 12.8. The van der Waals surface area contributed by atoms with Crippen molar-refractivity contribution in [3.05, 3.63) is 65.7 Å². The molecular formula is C18H23NOS. The Morgan fingerprint density at radius 3 is 2.05 bits per heavy atom. The minimum absolute atomic E-state index is 0.102. The number of hydrogen-bond donors (Lipinski definition) is 1. The van der Waals surface area contributed by atoms with Crippen LogP contribution in [0.15, 0.2) is 59.5 Å². The maximum absolute atomic E-state index is 12.9. The van der Waals surface area contributed by atoms with E-state index in [-0.39, 0.29) is 17.2 Å². The van der Waals surface area contributed by atoms with E-state index in [1.54, 1.807) is 0 Å². The van der Waals surface area contributed by atoms with E-state index in [9.17, 15) is 4.21 Å². The number of rotatable bonds is 5. The van der Waals surface area contributed by atoms with Crippen molar-refractivity contribution in [1.29, 1.82) is 0 Å². The predicted molar refractivity (Wildman–Crippen MR) is 89.6 cm³/mol. The standard InChI is InChI=1S/C18H23NOS/c1-13(2)18(17(19)15-7-5-4-6-8-15)21(20)16-11-9-14(3)10-12-16/h4-13,17-18H,19H2,1-3H3. The molecule has 2 N–H and O–H groups in total. The van der Waals surface area contributed by atoms with E-state index in [1.165, 1.54) is 5.56 Å². The lowest BCUT2D eigenvalue weighted by Gasteiger charge is -2.27. The van der Waals surface area contributed by atoms with Crippen LogP contribution in [-0.2, 0) is 10.8 Å². The Morgan fingerprint density at radius 1 is 0.952 bits per heavy atom. The van der Waals surface area contributed by atoms with Gasteiger partial charge < -0.3 is 5.73 Å². The van der Waals surface area contributed by atoms with Gasteiger partial charge in [0.05, 0.1) is 16.0 Å². The number of benzene rings is 2. The minimum atomic E-state index is -1.12. The van der Waals surface area contributed by atoms with Crippen LogP contribution in [0.25, 0.3) is 0 Å². The van der Waals surface area contributed by atoms with Gasteiger partial charge in [0.1, 0.15) is 0 Å². The normalized spacial score (nSPS) is 15.7. The second-order valence-corrected chi connectivity index (χ2v) is 7.37. The molecule has 21 heavy (non-hydrogen) atoms. The molecule has 2 nitrogen and oxygen atoms in total. The maximum Gasteiger partial charge on any atom is 0.0610 e. The fraction of sp³-hybridized carbons (Fsp3) is 0.333.